The summed E-state index contributed by atoms with van der Waals surface area (Å²) in [5, 5.41) is 5.26. The molecule has 2 aromatic rings. The average molecular weight is 424 g/mol. The maximum Gasteiger partial charge on any atom is 0.412 e. The van der Waals surface area contributed by atoms with E-state index < -0.39 is 23.3 Å². The third kappa shape index (κ3) is 7.26. The molecule has 29 heavy (non-hydrogen) atoms. The minimum absolute atomic E-state index is 0.00801. The standard InChI is InChI=1S/C20H22F2N2O4S/c1-20(2,3)28-19(26)24-16-9-12(5-8-17(16)27-4)23-18(25)11-29-13-6-7-14(21)15(22)10-13/h5-10H,11H2,1-4H3,(H,23,25)(H,24,26). The topological polar surface area (TPSA) is 76.7 Å². The van der Waals surface area contributed by atoms with Gasteiger partial charge in [-0.25, -0.2) is 13.6 Å². The lowest BCUT2D eigenvalue weighted by Crippen LogP contribution is -2.27. The molecular weight excluding hydrogens is 402 g/mol. The lowest BCUT2D eigenvalue weighted by Gasteiger charge is -2.20. The van der Waals surface area contributed by atoms with Crippen molar-refractivity contribution in [3.05, 3.63) is 48.0 Å². The molecule has 0 aliphatic heterocycles. The number of anilines is 2. The molecule has 6 nitrogen and oxygen atoms in total. The molecule has 0 spiro atoms. The quantitative estimate of drug-likeness (QED) is 0.635. The van der Waals surface area contributed by atoms with Crippen molar-refractivity contribution >= 4 is 35.1 Å². The summed E-state index contributed by atoms with van der Waals surface area (Å²) in [7, 11) is 1.45. The van der Waals surface area contributed by atoms with Crippen LogP contribution >= 0.6 is 11.8 Å². The fourth-order valence-corrected chi connectivity index (χ4v) is 2.93. The largest absolute Gasteiger partial charge is 0.495 e. The molecule has 0 saturated heterocycles. The van der Waals surface area contributed by atoms with Gasteiger partial charge < -0.3 is 14.8 Å². The summed E-state index contributed by atoms with van der Waals surface area (Å²) >= 11 is 1.07. The zero-order valence-corrected chi connectivity index (χ0v) is 17.3. The molecule has 0 heterocycles. The van der Waals surface area contributed by atoms with E-state index in [1.807, 2.05) is 0 Å². The number of hydrogen-bond acceptors (Lipinski definition) is 5. The van der Waals surface area contributed by atoms with Crippen molar-refractivity contribution in [2.75, 3.05) is 23.5 Å². The van der Waals surface area contributed by atoms with Crippen LogP contribution in [0.3, 0.4) is 0 Å². The van der Waals surface area contributed by atoms with Crippen molar-refractivity contribution in [3.8, 4) is 5.75 Å². The van der Waals surface area contributed by atoms with Crippen LogP contribution in [0, 0.1) is 11.6 Å². The number of nitrogens with one attached hydrogen (secondary N) is 2. The second-order valence-electron chi connectivity index (χ2n) is 6.95. The summed E-state index contributed by atoms with van der Waals surface area (Å²) in [6.07, 6.45) is -0.659. The van der Waals surface area contributed by atoms with E-state index in [1.165, 1.54) is 19.2 Å². The summed E-state index contributed by atoms with van der Waals surface area (Å²) in [6.45, 7) is 5.22. The average Bonchev–Trinajstić information content (AvgIpc) is 2.61. The van der Waals surface area contributed by atoms with E-state index in [-0.39, 0.29) is 11.7 Å². The molecule has 0 fully saturated rings. The molecule has 156 valence electrons. The van der Waals surface area contributed by atoms with Gasteiger partial charge in [0.15, 0.2) is 11.6 Å². The highest BCUT2D eigenvalue weighted by atomic mass is 32.2. The molecule has 2 amide bonds. The number of hydrogen-bond donors (Lipinski definition) is 2. The van der Waals surface area contributed by atoms with Crippen molar-refractivity contribution in [1.82, 2.24) is 0 Å². The van der Waals surface area contributed by atoms with Crippen LogP contribution in [0.5, 0.6) is 5.75 Å². The third-order valence-electron chi connectivity index (χ3n) is 3.38. The molecule has 0 aliphatic rings. The highest BCUT2D eigenvalue weighted by Crippen LogP contribution is 2.29. The molecule has 9 heteroatoms. The van der Waals surface area contributed by atoms with Crippen LogP contribution < -0.4 is 15.4 Å². The SMILES string of the molecule is COc1ccc(NC(=O)CSc2ccc(F)c(F)c2)cc1NC(=O)OC(C)(C)C. The minimum Gasteiger partial charge on any atom is -0.495 e. The van der Waals surface area contributed by atoms with Crippen molar-refractivity contribution in [2.24, 2.45) is 0 Å². The summed E-state index contributed by atoms with van der Waals surface area (Å²) in [6, 6.07) is 8.16. The number of rotatable bonds is 6. The van der Waals surface area contributed by atoms with Crippen LogP contribution in [0.15, 0.2) is 41.3 Å². The van der Waals surface area contributed by atoms with Gasteiger partial charge in [0, 0.05) is 10.6 Å². The van der Waals surface area contributed by atoms with Crippen LogP contribution in [0.1, 0.15) is 20.8 Å². The first kappa shape index (κ1) is 22.5. The first-order valence-corrected chi connectivity index (χ1v) is 9.61. The molecule has 0 aromatic heterocycles. The third-order valence-corrected chi connectivity index (χ3v) is 4.37. The maximum atomic E-state index is 13.2. The Hall–Kier alpha value is -2.81. The zero-order valence-electron chi connectivity index (χ0n) is 16.5. The van der Waals surface area contributed by atoms with Crippen molar-refractivity contribution in [3.63, 3.8) is 0 Å². The summed E-state index contributed by atoms with van der Waals surface area (Å²) in [5.74, 6) is -1.88. The summed E-state index contributed by atoms with van der Waals surface area (Å²) < 4.78 is 36.6. The summed E-state index contributed by atoms with van der Waals surface area (Å²) in [5.41, 5.74) is 0.0840. The number of methoxy groups -OCH3 is 1. The molecule has 2 rings (SSSR count). The molecule has 0 saturated carbocycles. The molecule has 0 unspecified atom stereocenters. The number of carbonyl (C=O) groups is 2. The van der Waals surface area contributed by atoms with Gasteiger partial charge in [0.2, 0.25) is 5.91 Å². The van der Waals surface area contributed by atoms with Crippen LogP contribution in [0.25, 0.3) is 0 Å². The molecule has 2 aromatic carbocycles. The Morgan fingerprint density at radius 2 is 1.76 bits per heavy atom. The minimum atomic E-state index is -0.969. The van der Waals surface area contributed by atoms with Gasteiger partial charge in [-0.15, -0.1) is 11.8 Å². The Balaban J connectivity index is 2.01. The highest BCUT2D eigenvalue weighted by Gasteiger charge is 2.18. The number of amides is 2. The van der Waals surface area contributed by atoms with Gasteiger partial charge in [-0.05, 0) is 57.2 Å². The van der Waals surface area contributed by atoms with Crippen molar-refractivity contribution in [2.45, 2.75) is 31.3 Å². The monoisotopic (exact) mass is 424 g/mol. The number of thioether (sulfide) groups is 1. The van der Waals surface area contributed by atoms with Crippen molar-refractivity contribution in [1.29, 1.82) is 0 Å². The number of ether oxygens (including phenoxy) is 2. The molecular formula is C20H22F2N2O4S. The zero-order chi connectivity index (χ0) is 21.6. The van der Waals surface area contributed by atoms with E-state index in [0.29, 0.717) is 22.0 Å². The van der Waals surface area contributed by atoms with E-state index in [0.717, 1.165) is 23.9 Å². The maximum absolute atomic E-state index is 13.2. The molecule has 0 bridgehead atoms. The van der Waals surface area contributed by atoms with Crippen LogP contribution in [-0.2, 0) is 9.53 Å². The Kier molecular flexibility index (Phi) is 7.44. The van der Waals surface area contributed by atoms with Crippen LogP contribution in [0.2, 0.25) is 0 Å². The fraction of sp³-hybridized carbons (Fsp3) is 0.300. The Bertz CT molecular complexity index is 901. The van der Waals surface area contributed by atoms with E-state index in [2.05, 4.69) is 10.6 Å². The molecule has 0 aliphatic carbocycles. The second kappa shape index (κ2) is 9.60. The summed E-state index contributed by atoms with van der Waals surface area (Å²) in [4.78, 5) is 24.6. The molecule has 2 N–H and O–H groups in total. The van der Waals surface area contributed by atoms with Gasteiger partial charge in [-0.1, -0.05) is 0 Å². The fourth-order valence-electron chi connectivity index (χ4n) is 2.21. The van der Waals surface area contributed by atoms with Gasteiger partial charge in [-0.3, -0.25) is 10.1 Å². The van der Waals surface area contributed by atoms with E-state index in [4.69, 9.17) is 9.47 Å². The first-order chi connectivity index (χ1) is 13.6. The van der Waals surface area contributed by atoms with E-state index in [9.17, 15) is 18.4 Å². The predicted molar refractivity (Wildman–Crippen MR) is 109 cm³/mol. The van der Waals surface area contributed by atoms with Gasteiger partial charge in [0.25, 0.3) is 0 Å². The van der Waals surface area contributed by atoms with Gasteiger partial charge in [0.05, 0.1) is 18.6 Å². The number of halogens is 2. The first-order valence-electron chi connectivity index (χ1n) is 8.63. The van der Waals surface area contributed by atoms with E-state index in [1.54, 1.807) is 32.9 Å². The van der Waals surface area contributed by atoms with Crippen LogP contribution in [0.4, 0.5) is 25.0 Å². The lowest BCUT2D eigenvalue weighted by molar-refractivity contribution is -0.113. The Morgan fingerprint density at radius 3 is 2.38 bits per heavy atom. The smallest absolute Gasteiger partial charge is 0.412 e. The molecule has 0 radical (unpaired) electrons. The van der Waals surface area contributed by atoms with Gasteiger partial charge >= 0.3 is 6.09 Å². The van der Waals surface area contributed by atoms with Crippen LogP contribution in [-0.4, -0.2) is 30.5 Å². The molecule has 0 atom stereocenters. The predicted octanol–water partition coefficient (Wildman–Crippen LogP) is 5.05. The van der Waals surface area contributed by atoms with Gasteiger partial charge in [-0.2, -0.15) is 0 Å². The Morgan fingerprint density at radius 1 is 1.03 bits per heavy atom. The Labute approximate surface area is 172 Å². The van der Waals surface area contributed by atoms with Gasteiger partial charge in [0.1, 0.15) is 11.4 Å². The number of carbonyl (C=O) groups excluding carboxylic acids is 2. The number of benzene rings is 2. The normalized spacial score (nSPS) is 11.0. The second-order valence-corrected chi connectivity index (χ2v) is 8.00. The van der Waals surface area contributed by atoms with Crippen molar-refractivity contribution < 1.29 is 27.8 Å². The highest BCUT2D eigenvalue weighted by molar-refractivity contribution is 8.00. The lowest BCUT2D eigenvalue weighted by atomic mass is 10.2. The van der Waals surface area contributed by atoms with E-state index >= 15 is 0 Å².